The summed E-state index contributed by atoms with van der Waals surface area (Å²) in [5.41, 5.74) is -3.71. The lowest BCUT2D eigenvalue weighted by Gasteiger charge is -2.15. The summed E-state index contributed by atoms with van der Waals surface area (Å²) >= 11 is 6.06. The first kappa shape index (κ1) is 29.9. The maximum Gasteiger partial charge on any atom is 0.416 e. The molecule has 2 N–H and O–H groups in total. The van der Waals surface area contributed by atoms with Crippen LogP contribution in [0, 0.1) is 0 Å². The number of hydrogen-bond donors (Lipinski definition) is 2. The molecule has 3 rings (SSSR count). The molecule has 7 nitrogen and oxygen atoms in total. The van der Waals surface area contributed by atoms with E-state index in [9.17, 15) is 39.6 Å². The molecule has 1 amide bonds. The van der Waals surface area contributed by atoms with Crippen molar-refractivity contribution in [3.05, 3.63) is 76.8 Å². The minimum atomic E-state index is -5.09. The van der Waals surface area contributed by atoms with Crippen LogP contribution >= 0.6 is 11.6 Å². The van der Waals surface area contributed by atoms with Crippen LogP contribution in [-0.2, 0) is 27.2 Å². The van der Waals surface area contributed by atoms with E-state index in [0.29, 0.717) is 24.5 Å². The third-order valence-electron chi connectivity index (χ3n) is 4.86. The zero-order chi connectivity index (χ0) is 29.0. The highest BCUT2D eigenvalue weighted by Gasteiger charge is 2.37. The largest absolute Gasteiger partial charge is 0.494 e. The van der Waals surface area contributed by atoms with Gasteiger partial charge in [0.1, 0.15) is 11.5 Å². The van der Waals surface area contributed by atoms with Crippen molar-refractivity contribution in [2.24, 2.45) is 0 Å². The van der Waals surface area contributed by atoms with Crippen LogP contribution in [-0.4, -0.2) is 27.5 Å². The van der Waals surface area contributed by atoms with E-state index in [2.05, 4.69) is 4.72 Å². The second kappa shape index (κ2) is 11.6. The highest BCUT2D eigenvalue weighted by molar-refractivity contribution is 7.92. The number of amides is 1. The molecule has 3 aromatic rings. The van der Waals surface area contributed by atoms with E-state index in [1.807, 2.05) is 5.32 Å². The van der Waals surface area contributed by atoms with Gasteiger partial charge in [0.15, 0.2) is 6.61 Å². The number of benzene rings is 3. The number of hydrogen-bond acceptors (Lipinski definition) is 5. The summed E-state index contributed by atoms with van der Waals surface area (Å²) in [7, 11) is -4.08. The molecule has 0 aromatic heterocycles. The van der Waals surface area contributed by atoms with Crippen LogP contribution in [0.1, 0.15) is 18.1 Å². The lowest BCUT2D eigenvalue weighted by molar-refractivity contribution is -0.143. The van der Waals surface area contributed by atoms with Crippen LogP contribution in [0.4, 0.5) is 37.7 Å². The molecule has 3 aromatic carbocycles. The fourth-order valence-corrected chi connectivity index (χ4v) is 4.52. The number of anilines is 2. The molecule has 0 spiro atoms. The molecule has 0 heterocycles. The van der Waals surface area contributed by atoms with Crippen LogP contribution in [0.5, 0.6) is 11.5 Å². The van der Waals surface area contributed by atoms with Crippen LogP contribution < -0.4 is 19.5 Å². The molecule has 0 unspecified atom stereocenters. The van der Waals surface area contributed by atoms with E-state index in [1.165, 1.54) is 12.1 Å². The van der Waals surface area contributed by atoms with Crippen LogP contribution in [0.2, 0.25) is 5.02 Å². The fourth-order valence-electron chi connectivity index (χ4n) is 3.13. The predicted octanol–water partition coefficient (Wildman–Crippen LogP) is 6.59. The molecule has 0 aliphatic carbocycles. The van der Waals surface area contributed by atoms with Crippen molar-refractivity contribution >= 4 is 38.9 Å². The van der Waals surface area contributed by atoms with Crippen LogP contribution in [0.15, 0.2) is 65.6 Å². The van der Waals surface area contributed by atoms with Crippen LogP contribution in [0.25, 0.3) is 0 Å². The van der Waals surface area contributed by atoms with Gasteiger partial charge in [0, 0.05) is 11.4 Å². The maximum atomic E-state index is 13.0. The number of sulfonamides is 1. The van der Waals surface area contributed by atoms with Crippen molar-refractivity contribution in [2.75, 3.05) is 23.3 Å². The second-order valence-corrected chi connectivity index (χ2v) is 9.88. The number of carbonyl (C=O) groups is 1. The number of ether oxygens (including phenoxy) is 2. The SMILES string of the molecule is CCOc1ccc(NS(=O)(=O)c2ccc(OCC(=O)Nc3cc(C(F)(F)F)cc(C(F)(F)F)c3)c(Cl)c2)cc1. The quantitative estimate of drug-likeness (QED) is 0.272. The molecule has 0 aliphatic rings. The topological polar surface area (TPSA) is 93.7 Å². The number of halogens is 7. The zero-order valence-corrected chi connectivity index (χ0v) is 21.4. The van der Waals surface area contributed by atoms with Crippen molar-refractivity contribution in [3.8, 4) is 11.5 Å². The van der Waals surface area contributed by atoms with Crippen molar-refractivity contribution in [1.82, 2.24) is 0 Å². The van der Waals surface area contributed by atoms with E-state index in [-0.39, 0.29) is 27.4 Å². The molecule has 0 fully saturated rings. The van der Waals surface area contributed by atoms with Crippen molar-refractivity contribution in [1.29, 1.82) is 0 Å². The number of nitrogens with one attached hydrogen (secondary N) is 2. The number of carbonyl (C=O) groups excluding carboxylic acids is 1. The molecule has 0 aliphatic heterocycles. The molecule has 0 bridgehead atoms. The van der Waals surface area contributed by atoms with E-state index in [4.69, 9.17) is 21.1 Å². The zero-order valence-electron chi connectivity index (χ0n) is 19.8. The van der Waals surface area contributed by atoms with Crippen LogP contribution in [0.3, 0.4) is 0 Å². The van der Waals surface area contributed by atoms with Crippen molar-refractivity contribution in [3.63, 3.8) is 0 Å². The number of alkyl halides is 6. The van der Waals surface area contributed by atoms with E-state index >= 15 is 0 Å². The van der Waals surface area contributed by atoms with Gasteiger partial charge in [-0.05, 0) is 67.6 Å². The summed E-state index contributed by atoms with van der Waals surface area (Å²) in [5, 5.41) is 1.68. The second-order valence-electron chi connectivity index (χ2n) is 7.79. The minimum Gasteiger partial charge on any atom is -0.494 e. The molecular formula is C24H19ClF6N2O5S. The predicted molar refractivity (Wildman–Crippen MR) is 130 cm³/mol. The molecule has 0 saturated heterocycles. The van der Waals surface area contributed by atoms with Gasteiger partial charge in [0.25, 0.3) is 15.9 Å². The van der Waals surface area contributed by atoms with E-state index in [1.54, 1.807) is 19.1 Å². The third kappa shape index (κ3) is 8.17. The standard InChI is InChI=1S/C24H19ClF6N2O5S/c1-2-37-18-5-3-16(4-6-18)33-39(35,36)19-7-8-21(20(25)12-19)38-13-22(34)32-17-10-14(23(26,27)28)9-15(11-17)24(29,30)31/h3-12,33H,2,13H2,1H3,(H,32,34). The summed E-state index contributed by atoms with van der Waals surface area (Å²) in [6.07, 6.45) is -10.2. The lowest BCUT2D eigenvalue weighted by atomic mass is 10.1. The molecule has 39 heavy (non-hydrogen) atoms. The Balaban J connectivity index is 1.68. The first-order valence-corrected chi connectivity index (χ1v) is 12.7. The molecule has 0 saturated carbocycles. The Labute approximate surface area is 223 Å². The minimum absolute atomic E-state index is 0.0771. The Morgan fingerprint density at radius 1 is 0.846 bits per heavy atom. The first-order chi connectivity index (χ1) is 18.1. The lowest BCUT2D eigenvalue weighted by Crippen LogP contribution is -2.21. The highest BCUT2D eigenvalue weighted by atomic mass is 35.5. The summed E-state index contributed by atoms with van der Waals surface area (Å²) in [6.45, 7) is 1.38. The van der Waals surface area contributed by atoms with Gasteiger partial charge in [-0.1, -0.05) is 11.6 Å². The summed E-state index contributed by atoms with van der Waals surface area (Å²) in [5.74, 6) is -0.706. The Morgan fingerprint density at radius 3 is 1.95 bits per heavy atom. The third-order valence-corrected chi connectivity index (χ3v) is 6.54. The molecule has 15 heteroatoms. The molecule has 0 radical (unpaired) electrons. The molecule has 210 valence electrons. The van der Waals surface area contributed by atoms with Gasteiger partial charge in [-0.3, -0.25) is 9.52 Å². The first-order valence-electron chi connectivity index (χ1n) is 10.9. The van der Waals surface area contributed by atoms with E-state index in [0.717, 1.165) is 18.2 Å². The van der Waals surface area contributed by atoms with Gasteiger partial charge in [-0.25, -0.2) is 8.42 Å². The average molecular weight is 597 g/mol. The van der Waals surface area contributed by atoms with Gasteiger partial charge in [0.2, 0.25) is 0 Å². The molecular weight excluding hydrogens is 578 g/mol. The Morgan fingerprint density at radius 2 is 1.44 bits per heavy atom. The summed E-state index contributed by atoms with van der Waals surface area (Å²) < 4.78 is 116. The monoisotopic (exact) mass is 596 g/mol. The van der Waals surface area contributed by atoms with Gasteiger partial charge < -0.3 is 14.8 Å². The highest BCUT2D eigenvalue weighted by Crippen LogP contribution is 2.37. The average Bonchev–Trinajstić information content (AvgIpc) is 2.83. The Kier molecular flexibility index (Phi) is 8.91. The van der Waals surface area contributed by atoms with E-state index < -0.39 is 51.7 Å². The number of rotatable bonds is 9. The van der Waals surface area contributed by atoms with Gasteiger partial charge in [0.05, 0.1) is 27.7 Å². The molecule has 0 atom stereocenters. The van der Waals surface area contributed by atoms with Gasteiger partial charge >= 0.3 is 12.4 Å². The fraction of sp³-hybridized carbons (Fsp3) is 0.208. The van der Waals surface area contributed by atoms with Gasteiger partial charge in [-0.2, -0.15) is 26.3 Å². The van der Waals surface area contributed by atoms with Gasteiger partial charge in [-0.15, -0.1) is 0 Å². The summed E-state index contributed by atoms with van der Waals surface area (Å²) in [6, 6.07) is 10.0. The Bertz CT molecular complexity index is 1410. The normalized spacial score (nSPS) is 12.1. The Hall–Kier alpha value is -3.65. The van der Waals surface area contributed by atoms with Crippen molar-refractivity contribution < 1.29 is 49.0 Å². The van der Waals surface area contributed by atoms with Crippen molar-refractivity contribution in [2.45, 2.75) is 24.2 Å². The smallest absolute Gasteiger partial charge is 0.416 e. The summed E-state index contributed by atoms with van der Waals surface area (Å²) in [4.78, 5) is 11.9. The maximum absolute atomic E-state index is 13.0.